The molecule has 0 aromatic heterocycles. The van der Waals surface area contributed by atoms with Crippen LogP contribution in [0.15, 0.2) is 72.8 Å². The van der Waals surface area contributed by atoms with Gasteiger partial charge in [0.15, 0.2) is 6.10 Å². The van der Waals surface area contributed by atoms with Crippen molar-refractivity contribution in [3.05, 3.63) is 88.9 Å². The lowest BCUT2D eigenvalue weighted by Gasteiger charge is -2.15. The van der Waals surface area contributed by atoms with Gasteiger partial charge in [0.1, 0.15) is 5.75 Å². The Morgan fingerprint density at radius 3 is 2.28 bits per heavy atom. The number of hydrogen-bond acceptors (Lipinski definition) is 3. The highest BCUT2D eigenvalue weighted by Crippen LogP contribution is 2.21. The topological polar surface area (TPSA) is 67.4 Å². The van der Waals surface area contributed by atoms with Crippen LogP contribution in [0, 0.1) is 6.92 Å². The number of para-hydroxylation sites is 1. The van der Waals surface area contributed by atoms with Crippen molar-refractivity contribution in [3.8, 4) is 5.75 Å². The van der Waals surface area contributed by atoms with Crippen LogP contribution in [0.4, 0.5) is 11.4 Å². The third-order valence-corrected chi connectivity index (χ3v) is 4.51. The van der Waals surface area contributed by atoms with Gasteiger partial charge in [-0.15, -0.1) is 0 Å². The van der Waals surface area contributed by atoms with Crippen LogP contribution in [0.2, 0.25) is 5.02 Å². The average molecular weight is 409 g/mol. The molecule has 0 radical (unpaired) electrons. The van der Waals surface area contributed by atoms with Gasteiger partial charge in [-0.05, 0) is 74.0 Å². The number of amides is 2. The van der Waals surface area contributed by atoms with Gasteiger partial charge in [0, 0.05) is 22.0 Å². The third-order valence-electron chi connectivity index (χ3n) is 4.28. The van der Waals surface area contributed by atoms with Crippen molar-refractivity contribution in [2.75, 3.05) is 10.6 Å². The van der Waals surface area contributed by atoms with Crippen LogP contribution >= 0.6 is 11.6 Å². The maximum atomic E-state index is 12.4. The Morgan fingerprint density at radius 1 is 0.931 bits per heavy atom. The van der Waals surface area contributed by atoms with Gasteiger partial charge in [0.2, 0.25) is 0 Å². The molecule has 0 aliphatic heterocycles. The summed E-state index contributed by atoms with van der Waals surface area (Å²) in [5.74, 6) is 0.00742. The SMILES string of the molecule is Cc1cc(Cl)ccc1NC(=O)c1ccc(OC(C)C(=O)Nc2ccccc2)cc1. The molecule has 3 rings (SSSR count). The van der Waals surface area contributed by atoms with Crippen molar-refractivity contribution in [1.29, 1.82) is 0 Å². The summed E-state index contributed by atoms with van der Waals surface area (Å²) < 4.78 is 5.68. The average Bonchev–Trinajstić information content (AvgIpc) is 2.71. The maximum Gasteiger partial charge on any atom is 0.265 e. The summed E-state index contributed by atoms with van der Waals surface area (Å²) >= 11 is 5.94. The van der Waals surface area contributed by atoms with Crippen LogP contribution in [0.25, 0.3) is 0 Å². The molecular formula is C23H21ClN2O3. The molecule has 0 aliphatic rings. The minimum Gasteiger partial charge on any atom is -0.481 e. The molecule has 1 unspecified atom stereocenters. The summed E-state index contributed by atoms with van der Waals surface area (Å²) in [5.41, 5.74) is 2.76. The molecule has 0 aliphatic carbocycles. The zero-order valence-corrected chi connectivity index (χ0v) is 16.9. The van der Waals surface area contributed by atoms with Crippen molar-refractivity contribution in [2.45, 2.75) is 20.0 Å². The van der Waals surface area contributed by atoms with E-state index in [0.717, 1.165) is 5.56 Å². The number of carbonyl (C=O) groups is 2. The predicted molar refractivity (Wildman–Crippen MR) is 116 cm³/mol. The van der Waals surface area contributed by atoms with Gasteiger partial charge in [-0.25, -0.2) is 0 Å². The zero-order chi connectivity index (χ0) is 20.8. The van der Waals surface area contributed by atoms with Crippen LogP contribution in [0.5, 0.6) is 5.75 Å². The van der Waals surface area contributed by atoms with Crippen LogP contribution in [0.3, 0.4) is 0 Å². The van der Waals surface area contributed by atoms with Crippen molar-refractivity contribution in [1.82, 2.24) is 0 Å². The van der Waals surface area contributed by atoms with Crippen LogP contribution in [-0.2, 0) is 4.79 Å². The van der Waals surface area contributed by atoms with E-state index < -0.39 is 6.10 Å². The fourth-order valence-corrected chi connectivity index (χ4v) is 2.90. The zero-order valence-electron chi connectivity index (χ0n) is 16.1. The number of halogens is 1. The molecular weight excluding hydrogens is 388 g/mol. The van der Waals surface area contributed by atoms with E-state index in [9.17, 15) is 9.59 Å². The molecule has 0 heterocycles. The second kappa shape index (κ2) is 9.26. The van der Waals surface area contributed by atoms with Crippen LogP contribution < -0.4 is 15.4 Å². The molecule has 0 saturated heterocycles. The van der Waals surface area contributed by atoms with Crippen molar-refractivity contribution >= 4 is 34.8 Å². The fourth-order valence-electron chi connectivity index (χ4n) is 2.67. The molecule has 2 N–H and O–H groups in total. The first kappa shape index (κ1) is 20.4. The monoisotopic (exact) mass is 408 g/mol. The first-order valence-corrected chi connectivity index (χ1v) is 9.50. The van der Waals surface area contributed by atoms with E-state index in [1.165, 1.54) is 0 Å². The quantitative estimate of drug-likeness (QED) is 0.581. The Bertz CT molecular complexity index is 1000. The van der Waals surface area contributed by atoms with Gasteiger partial charge in [-0.2, -0.15) is 0 Å². The van der Waals surface area contributed by atoms with E-state index in [-0.39, 0.29) is 11.8 Å². The Labute approximate surface area is 174 Å². The van der Waals surface area contributed by atoms with E-state index in [4.69, 9.17) is 16.3 Å². The summed E-state index contributed by atoms with van der Waals surface area (Å²) in [7, 11) is 0. The lowest BCUT2D eigenvalue weighted by molar-refractivity contribution is -0.122. The van der Waals surface area contributed by atoms with E-state index in [1.54, 1.807) is 61.5 Å². The van der Waals surface area contributed by atoms with E-state index in [1.807, 2.05) is 25.1 Å². The van der Waals surface area contributed by atoms with Gasteiger partial charge < -0.3 is 15.4 Å². The van der Waals surface area contributed by atoms with E-state index in [0.29, 0.717) is 27.7 Å². The summed E-state index contributed by atoms with van der Waals surface area (Å²) in [6, 6.07) is 21.1. The highest BCUT2D eigenvalue weighted by molar-refractivity contribution is 6.30. The Balaban J connectivity index is 1.59. The molecule has 0 bridgehead atoms. The second-order valence-electron chi connectivity index (χ2n) is 6.55. The second-order valence-corrected chi connectivity index (χ2v) is 6.99. The molecule has 0 saturated carbocycles. The van der Waals surface area contributed by atoms with Crippen molar-refractivity contribution in [2.24, 2.45) is 0 Å². The molecule has 0 fully saturated rings. The largest absolute Gasteiger partial charge is 0.481 e. The standard InChI is InChI=1S/C23H21ClN2O3/c1-15-14-18(24)10-13-21(15)26-23(28)17-8-11-20(12-9-17)29-16(2)22(27)25-19-6-4-3-5-7-19/h3-14,16H,1-2H3,(H,25,27)(H,26,28). The molecule has 29 heavy (non-hydrogen) atoms. The molecule has 148 valence electrons. The molecule has 3 aromatic carbocycles. The number of aryl methyl sites for hydroxylation is 1. The van der Waals surface area contributed by atoms with E-state index in [2.05, 4.69) is 10.6 Å². The van der Waals surface area contributed by atoms with Crippen LogP contribution in [-0.4, -0.2) is 17.9 Å². The Kier molecular flexibility index (Phi) is 6.52. The van der Waals surface area contributed by atoms with Crippen LogP contribution in [0.1, 0.15) is 22.8 Å². The smallest absolute Gasteiger partial charge is 0.265 e. The number of benzene rings is 3. The number of hydrogen-bond donors (Lipinski definition) is 2. The number of nitrogens with one attached hydrogen (secondary N) is 2. The fraction of sp³-hybridized carbons (Fsp3) is 0.130. The normalized spacial score (nSPS) is 11.4. The summed E-state index contributed by atoms with van der Waals surface area (Å²) in [6.45, 7) is 3.54. The van der Waals surface area contributed by atoms with E-state index >= 15 is 0 Å². The van der Waals surface area contributed by atoms with Gasteiger partial charge in [0.05, 0.1) is 0 Å². The minimum absolute atomic E-state index is 0.239. The molecule has 5 nitrogen and oxygen atoms in total. The maximum absolute atomic E-state index is 12.4. The summed E-state index contributed by atoms with van der Waals surface area (Å²) in [4.78, 5) is 24.7. The molecule has 6 heteroatoms. The summed E-state index contributed by atoms with van der Waals surface area (Å²) in [5, 5.41) is 6.27. The highest BCUT2D eigenvalue weighted by atomic mass is 35.5. The molecule has 3 aromatic rings. The first-order valence-electron chi connectivity index (χ1n) is 9.12. The third kappa shape index (κ3) is 5.59. The lowest BCUT2D eigenvalue weighted by atomic mass is 10.1. The summed E-state index contributed by atoms with van der Waals surface area (Å²) in [6.07, 6.45) is -0.688. The highest BCUT2D eigenvalue weighted by Gasteiger charge is 2.15. The molecule has 1 atom stereocenters. The van der Waals surface area contributed by atoms with Gasteiger partial charge in [-0.1, -0.05) is 29.8 Å². The number of anilines is 2. The molecule has 0 spiro atoms. The minimum atomic E-state index is -0.688. The van der Waals surface area contributed by atoms with Gasteiger partial charge in [0.25, 0.3) is 11.8 Å². The van der Waals surface area contributed by atoms with Gasteiger partial charge >= 0.3 is 0 Å². The Hall–Kier alpha value is -3.31. The predicted octanol–water partition coefficient (Wildman–Crippen LogP) is 5.31. The first-order chi connectivity index (χ1) is 13.9. The number of ether oxygens (including phenoxy) is 1. The number of carbonyl (C=O) groups excluding carboxylic acids is 2. The number of rotatable bonds is 6. The van der Waals surface area contributed by atoms with Crippen molar-refractivity contribution in [3.63, 3.8) is 0 Å². The molecule has 2 amide bonds. The Morgan fingerprint density at radius 2 is 1.62 bits per heavy atom. The van der Waals surface area contributed by atoms with Gasteiger partial charge in [-0.3, -0.25) is 9.59 Å². The lowest BCUT2D eigenvalue weighted by Crippen LogP contribution is -2.30. The van der Waals surface area contributed by atoms with Crippen molar-refractivity contribution < 1.29 is 14.3 Å².